The van der Waals surface area contributed by atoms with Crippen LogP contribution in [0.5, 0.6) is 0 Å². The fraction of sp³-hybridized carbons (Fsp3) is 0.381. The highest BCUT2D eigenvalue weighted by Gasteiger charge is 2.18. The van der Waals surface area contributed by atoms with Crippen LogP contribution in [0.3, 0.4) is 0 Å². The monoisotopic (exact) mass is 382 g/mol. The molecule has 148 valence electrons. The van der Waals surface area contributed by atoms with Crippen LogP contribution in [-0.4, -0.2) is 59.8 Å². The zero-order chi connectivity index (χ0) is 19.9. The van der Waals surface area contributed by atoms with Gasteiger partial charge in [0.25, 0.3) is 5.69 Å². The minimum atomic E-state index is -0.447. The standard InChI is InChI=1S/C21H26N4O3/c1-17(26)19-7-8-20(21(15-19)25(27)28)22-9-10-23-11-13-24(14-12-23)16-18-5-3-2-4-6-18/h2-8,15,22H,9-14,16H2,1H3. The zero-order valence-electron chi connectivity index (χ0n) is 16.1. The first kappa shape index (κ1) is 20.0. The van der Waals surface area contributed by atoms with E-state index in [2.05, 4.69) is 39.4 Å². The second kappa shape index (κ2) is 9.43. The molecule has 1 aliphatic heterocycles. The van der Waals surface area contributed by atoms with E-state index in [0.717, 1.165) is 39.3 Å². The number of ketones is 1. The maximum atomic E-state index is 11.4. The third kappa shape index (κ3) is 5.37. The summed E-state index contributed by atoms with van der Waals surface area (Å²) in [5.41, 5.74) is 2.09. The molecule has 0 bridgehead atoms. The van der Waals surface area contributed by atoms with Gasteiger partial charge in [-0.05, 0) is 24.6 Å². The number of carbonyl (C=O) groups is 1. The Bertz CT molecular complexity index is 818. The zero-order valence-corrected chi connectivity index (χ0v) is 16.1. The topological polar surface area (TPSA) is 78.7 Å². The fourth-order valence-electron chi connectivity index (χ4n) is 3.41. The molecular weight excluding hydrogens is 356 g/mol. The van der Waals surface area contributed by atoms with Gasteiger partial charge in [0.1, 0.15) is 5.69 Å². The molecule has 0 amide bonds. The third-order valence-corrected chi connectivity index (χ3v) is 5.06. The quantitative estimate of drug-likeness (QED) is 0.430. The average molecular weight is 382 g/mol. The van der Waals surface area contributed by atoms with Gasteiger partial charge >= 0.3 is 0 Å². The third-order valence-electron chi connectivity index (χ3n) is 5.06. The first-order valence-corrected chi connectivity index (χ1v) is 9.55. The summed E-state index contributed by atoms with van der Waals surface area (Å²) in [7, 11) is 0. The van der Waals surface area contributed by atoms with Crippen molar-refractivity contribution in [1.29, 1.82) is 0 Å². The Morgan fingerprint density at radius 1 is 1.07 bits per heavy atom. The molecule has 1 fully saturated rings. The summed E-state index contributed by atoms with van der Waals surface area (Å²) in [6.45, 7) is 7.83. The maximum absolute atomic E-state index is 11.4. The van der Waals surface area contributed by atoms with Gasteiger partial charge < -0.3 is 5.32 Å². The molecule has 3 rings (SSSR count). The summed E-state index contributed by atoms with van der Waals surface area (Å²) in [6, 6.07) is 15.1. The van der Waals surface area contributed by atoms with Gasteiger partial charge in [0, 0.05) is 57.4 Å². The average Bonchev–Trinajstić information content (AvgIpc) is 2.70. The van der Waals surface area contributed by atoms with E-state index in [4.69, 9.17) is 0 Å². The lowest BCUT2D eigenvalue weighted by molar-refractivity contribution is -0.384. The van der Waals surface area contributed by atoms with Crippen LogP contribution in [0.15, 0.2) is 48.5 Å². The van der Waals surface area contributed by atoms with Crippen LogP contribution in [0.1, 0.15) is 22.8 Å². The van der Waals surface area contributed by atoms with Gasteiger partial charge in [-0.2, -0.15) is 0 Å². The van der Waals surface area contributed by atoms with E-state index in [0.29, 0.717) is 17.8 Å². The number of piperazine rings is 1. The van der Waals surface area contributed by atoms with Crippen LogP contribution in [0.4, 0.5) is 11.4 Å². The lowest BCUT2D eigenvalue weighted by atomic mass is 10.1. The minimum Gasteiger partial charge on any atom is -0.378 e. The van der Waals surface area contributed by atoms with Crippen LogP contribution in [-0.2, 0) is 6.54 Å². The number of hydrogen-bond donors (Lipinski definition) is 1. The molecule has 1 N–H and O–H groups in total. The van der Waals surface area contributed by atoms with Crippen molar-refractivity contribution < 1.29 is 9.72 Å². The molecule has 0 saturated carbocycles. The van der Waals surface area contributed by atoms with Crippen molar-refractivity contribution in [3.63, 3.8) is 0 Å². The van der Waals surface area contributed by atoms with Gasteiger partial charge in [0.2, 0.25) is 0 Å². The van der Waals surface area contributed by atoms with Crippen molar-refractivity contribution in [2.45, 2.75) is 13.5 Å². The highest BCUT2D eigenvalue weighted by molar-refractivity contribution is 5.95. The van der Waals surface area contributed by atoms with Crippen LogP contribution >= 0.6 is 0 Å². The predicted octanol–water partition coefficient (Wildman–Crippen LogP) is 3.03. The van der Waals surface area contributed by atoms with E-state index in [1.54, 1.807) is 12.1 Å². The van der Waals surface area contributed by atoms with Gasteiger partial charge in [0.05, 0.1) is 4.92 Å². The number of Topliss-reactive ketones (excluding diaryl/α,β-unsaturated/α-hetero) is 1. The Balaban J connectivity index is 1.46. The summed E-state index contributed by atoms with van der Waals surface area (Å²) in [6.07, 6.45) is 0. The molecule has 1 heterocycles. The summed E-state index contributed by atoms with van der Waals surface area (Å²) >= 11 is 0. The van der Waals surface area contributed by atoms with E-state index in [-0.39, 0.29) is 11.5 Å². The number of rotatable bonds is 8. The molecular formula is C21H26N4O3. The van der Waals surface area contributed by atoms with Crippen molar-refractivity contribution in [2.75, 3.05) is 44.6 Å². The minimum absolute atomic E-state index is 0.0552. The molecule has 2 aromatic carbocycles. The molecule has 7 heteroatoms. The summed E-state index contributed by atoms with van der Waals surface area (Å²) in [4.78, 5) is 27.1. The number of nitro benzene ring substituents is 1. The molecule has 0 unspecified atom stereocenters. The first-order chi connectivity index (χ1) is 13.5. The van der Waals surface area contributed by atoms with Crippen molar-refractivity contribution in [2.24, 2.45) is 0 Å². The van der Waals surface area contributed by atoms with Crippen LogP contribution < -0.4 is 5.32 Å². The smallest absolute Gasteiger partial charge is 0.293 e. The summed E-state index contributed by atoms with van der Waals surface area (Å²) in [5.74, 6) is -0.178. The molecule has 0 aliphatic carbocycles. The second-order valence-electron chi connectivity index (χ2n) is 7.08. The normalized spacial score (nSPS) is 15.3. The number of carbonyl (C=O) groups excluding carboxylic acids is 1. The molecule has 0 aromatic heterocycles. The fourth-order valence-corrected chi connectivity index (χ4v) is 3.41. The van der Waals surface area contributed by atoms with E-state index in [1.807, 2.05) is 6.07 Å². The van der Waals surface area contributed by atoms with Gasteiger partial charge in [-0.3, -0.25) is 24.7 Å². The maximum Gasteiger partial charge on any atom is 0.293 e. The second-order valence-corrected chi connectivity index (χ2v) is 7.08. The largest absolute Gasteiger partial charge is 0.378 e. The SMILES string of the molecule is CC(=O)c1ccc(NCCN2CCN(Cc3ccccc3)CC2)c([N+](=O)[O-])c1. The van der Waals surface area contributed by atoms with Crippen molar-refractivity contribution >= 4 is 17.2 Å². The lowest BCUT2D eigenvalue weighted by Gasteiger charge is -2.34. The molecule has 7 nitrogen and oxygen atoms in total. The summed E-state index contributed by atoms with van der Waals surface area (Å²) in [5, 5.41) is 14.4. The number of nitrogens with one attached hydrogen (secondary N) is 1. The van der Waals surface area contributed by atoms with Crippen LogP contribution in [0.25, 0.3) is 0 Å². The highest BCUT2D eigenvalue weighted by atomic mass is 16.6. The first-order valence-electron chi connectivity index (χ1n) is 9.55. The molecule has 1 aliphatic rings. The van der Waals surface area contributed by atoms with E-state index in [1.165, 1.54) is 18.6 Å². The Morgan fingerprint density at radius 3 is 2.39 bits per heavy atom. The van der Waals surface area contributed by atoms with Crippen molar-refractivity contribution in [1.82, 2.24) is 9.80 Å². The van der Waals surface area contributed by atoms with Crippen molar-refractivity contribution in [3.05, 3.63) is 69.8 Å². The van der Waals surface area contributed by atoms with Gasteiger partial charge in [0.15, 0.2) is 5.78 Å². The molecule has 0 spiro atoms. The number of benzene rings is 2. The van der Waals surface area contributed by atoms with E-state index in [9.17, 15) is 14.9 Å². The van der Waals surface area contributed by atoms with Gasteiger partial charge in [-0.15, -0.1) is 0 Å². The molecule has 0 atom stereocenters. The molecule has 28 heavy (non-hydrogen) atoms. The molecule has 0 radical (unpaired) electrons. The number of nitro groups is 1. The van der Waals surface area contributed by atoms with Crippen LogP contribution in [0, 0.1) is 10.1 Å². The number of nitrogens with zero attached hydrogens (tertiary/aromatic N) is 3. The molecule has 2 aromatic rings. The Kier molecular flexibility index (Phi) is 6.73. The Hall–Kier alpha value is -2.77. The number of anilines is 1. The Labute approximate surface area is 165 Å². The molecule has 1 saturated heterocycles. The van der Waals surface area contributed by atoms with Gasteiger partial charge in [-0.25, -0.2) is 0 Å². The Morgan fingerprint density at radius 2 is 1.75 bits per heavy atom. The highest BCUT2D eigenvalue weighted by Crippen LogP contribution is 2.25. The van der Waals surface area contributed by atoms with E-state index >= 15 is 0 Å². The predicted molar refractivity (Wildman–Crippen MR) is 110 cm³/mol. The van der Waals surface area contributed by atoms with Crippen molar-refractivity contribution in [3.8, 4) is 0 Å². The van der Waals surface area contributed by atoms with E-state index < -0.39 is 4.92 Å². The summed E-state index contributed by atoms with van der Waals surface area (Å²) < 4.78 is 0. The number of hydrogen-bond acceptors (Lipinski definition) is 6. The van der Waals surface area contributed by atoms with Crippen LogP contribution in [0.2, 0.25) is 0 Å². The van der Waals surface area contributed by atoms with Gasteiger partial charge in [-0.1, -0.05) is 30.3 Å². The lowest BCUT2D eigenvalue weighted by Crippen LogP contribution is -2.47.